The van der Waals surface area contributed by atoms with Gasteiger partial charge in [-0.05, 0) is 40.9 Å². The molecule has 1 heterocycles. The molecule has 0 aliphatic rings. The summed E-state index contributed by atoms with van der Waals surface area (Å²) in [4.78, 5) is 0. The molecule has 3 heteroatoms. The molecule has 19 heavy (non-hydrogen) atoms. The highest BCUT2D eigenvalue weighted by molar-refractivity contribution is 7.17. The molecule has 1 aromatic heterocycles. The van der Waals surface area contributed by atoms with Gasteiger partial charge in [0.1, 0.15) is 6.10 Å². The first kappa shape index (κ1) is 12.7. The topological polar surface area (TPSA) is 20.2 Å². The molecule has 1 nitrogen and oxygen atoms in total. The first-order chi connectivity index (χ1) is 9.16. The number of aliphatic hydroxyl groups excluding tert-OH is 1. The van der Waals surface area contributed by atoms with Crippen molar-refractivity contribution in [1.29, 1.82) is 0 Å². The number of hydrogen-bond acceptors (Lipinski definition) is 2. The van der Waals surface area contributed by atoms with Gasteiger partial charge in [0.2, 0.25) is 0 Å². The van der Waals surface area contributed by atoms with Crippen LogP contribution in [0.2, 0.25) is 5.02 Å². The monoisotopic (exact) mass is 288 g/mol. The molecule has 0 saturated heterocycles. The summed E-state index contributed by atoms with van der Waals surface area (Å²) < 4.78 is 1.19. The van der Waals surface area contributed by atoms with Gasteiger partial charge >= 0.3 is 0 Å². The number of halogens is 1. The van der Waals surface area contributed by atoms with Gasteiger partial charge in [0.25, 0.3) is 0 Å². The van der Waals surface area contributed by atoms with Crippen LogP contribution in [-0.2, 0) is 0 Å². The molecule has 0 spiro atoms. The molecular weight excluding hydrogens is 276 g/mol. The fourth-order valence-corrected chi connectivity index (χ4v) is 3.34. The summed E-state index contributed by atoms with van der Waals surface area (Å²) in [5.41, 5.74) is 2.80. The highest BCUT2D eigenvalue weighted by Gasteiger charge is 2.15. The fraction of sp³-hybridized carbons (Fsp3) is 0.125. The highest BCUT2D eigenvalue weighted by atomic mass is 35.5. The van der Waals surface area contributed by atoms with Crippen LogP contribution in [0.5, 0.6) is 0 Å². The average Bonchev–Trinajstić information content (AvgIpc) is 2.85. The summed E-state index contributed by atoms with van der Waals surface area (Å²) in [5.74, 6) is 0. The molecule has 3 rings (SSSR count). The van der Waals surface area contributed by atoms with E-state index >= 15 is 0 Å². The Kier molecular flexibility index (Phi) is 3.31. The maximum absolute atomic E-state index is 10.5. The van der Waals surface area contributed by atoms with Crippen LogP contribution in [-0.4, -0.2) is 5.11 Å². The zero-order valence-electron chi connectivity index (χ0n) is 10.4. The summed E-state index contributed by atoms with van der Waals surface area (Å²) >= 11 is 7.78. The van der Waals surface area contributed by atoms with E-state index in [1.54, 1.807) is 11.3 Å². The quantitative estimate of drug-likeness (QED) is 0.708. The maximum Gasteiger partial charge on any atom is 0.106 e. The van der Waals surface area contributed by atoms with Gasteiger partial charge in [0.15, 0.2) is 0 Å². The van der Waals surface area contributed by atoms with E-state index in [4.69, 9.17) is 11.6 Å². The van der Waals surface area contributed by atoms with Gasteiger partial charge in [-0.25, -0.2) is 0 Å². The number of hydrogen-bond donors (Lipinski definition) is 1. The molecule has 0 radical (unpaired) electrons. The van der Waals surface area contributed by atoms with Crippen molar-refractivity contribution in [3.05, 3.63) is 69.6 Å². The maximum atomic E-state index is 10.5. The van der Waals surface area contributed by atoms with E-state index in [9.17, 15) is 5.11 Å². The molecule has 0 saturated carbocycles. The molecule has 0 aliphatic heterocycles. The second-order valence-corrected chi connectivity index (χ2v) is 5.92. The Morgan fingerprint density at radius 2 is 1.95 bits per heavy atom. The molecule has 1 atom stereocenters. The smallest absolute Gasteiger partial charge is 0.106 e. The van der Waals surface area contributed by atoms with Gasteiger partial charge in [-0.2, -0.15) is 0 Å². The minimum absolute atomic E-state index is 0.630. The molecule has 2 aromatic carbocycles. The lowest BCUT2D eigenvalue weighted by Gasteiger charge is -2.11. The standard InChI is InChI=1S/C16H13ClOS/c1-10-6-7-11(8-14(10)17)16(18)13-9-19-15-5-3-2-4-12(13)15/h2-9,16,18H,1H3. The van der Waals surface area contributed by atoms with Crippen molar-refractivity contribution in [2.75, 3.05) is 0 Å². The van der Waals surface area contributed by atoms with E-state index in [1.807, 2.05) is 48.7 Å². The van der Waals surface area contributed by atoms with Crippen molar-refractivity contribution in [2.45, 2.75) is 13.0 Å². The minimum Gasteiger partial charge on any atom is -0.384 e. The van der Waals surface area contributed by atoms with Crippen molar-refractivity contribution in [3.63, 3.8) is 0 Å². The van der Waals surface area contributed by atoms with Crippen molar-refractivity contribution in [1.82, 2.24) is 0 Å². The van der Waals surface area contributed by atoms with Crippen LogP contribution in [0.15, 0.2) is 47.8 Å². The van der Waals surface area contributed by atoms with Crippen molar-refractivity contribution >= 4 is 33.0 Å². The van der Waals surface area contributed by atoms with E-state index in [-0.39, 0.29) is 0 Å². The third-order valence-corrected chi connectivity index (χ3v) is 4.71. The Hall–Kier alpha value is -1.35. The van der Waals surface area contributed by atoms with Gasteiger partial charge in [0.05, 0.1) is 0 Å². The van der Waals surface area contributed by atoms with Crippen LogP contribution in [0, 0.1) is 6.92 Å². The summed E-state index contributed by atoms with van der Waals surface area (Å²) in [6.45, 7) is 1.96. The van der Waals surface area contributed by atoms with E-state index < -0.39 is 6.10 Å². The SMILES string of the molecule is Cc1ccc(C(O)c2csc3ccccc23)cc1Cl. The molecule has 0 fully saturated rings. The van der Waals surface area contributed by atoms with Crippen LogP contribution < -0.4 is 0 Å². The van der Waals surface area contributed by atoms with Gasteiger partial charge in [0, 0.05) is 15.3 Å². The van der Waals surface area contributed by atoms with E-state index in [2.05, 4.69) is 6.07 Å². The van der Waals surface area contributed by atoms with Crippen LogP contribution in [0.3, 0.4) is 0 Å². The first-order valence-electron chi connectivity index (χ1n) is 6.07. The zero-order valence-corrected chi connectivity index (χ0v) is 12.0. The molecule has 0 amide bonds. The van der Waals surface area contributed by atoms with Gasteiger partial charge in [-0.1, -0.05) is 41.9 Å². The number of thiophene rings is 1. The van der Waals surface area contributed by atoms with Gasteiger partial charge < -0.3 is 5.11 Å². The van der Waals surface area contributed by atoms with Crippen LogP contribution >= 0.6 is 22.9 Å². The van der Waals surface area contributed by atoms with E-state index in [0.29, 0.717) is 5.02 Å². The van der Waals surface area contributed by atoms with Crippen molar-refractivity contribution in [3.8, 4) is 0 Å². The fourth-order valence-electron chi connectivity index (χ4n) is 2.17. The van der Waals surface area contributed by atoms with Crippen molar-refractivity contribution < 1.29 is 5.11 Å². The molecule has 3 aromatic rings. The predicted octanol–water partition coefficient (Wildman–Crippen LogP) is 4.94. The summed E-state index contributed by atoms with van der Waals surface area (Å²) in [6, 6.07) is 13.8. The normalized spacial score (nSPS) is 12.8. The second kappa shape index (κ2) is 4.97. The minimum atomic E-state index is -0.630. The Morgan fingerprint density at radius 1 is 1.16 bits per heavy atom. The average molecular weight is 289 g/mol. The highest BCUT2D eigenvalue weighted by Crippen LogP contribution is 2.34. The third kappa shape index (κ3) is 2.27. The molecule has 96 valence electrons. The summed E-state index contributed by atoms with van der Waals surface area (Å²) in [7, 11) is 0. The van der Waals surface area contributed by atoms with Gasteiger partial charge in [-0.3, -0.25) is 0 Å². The van der Waals surface area contributed by atoms with Crippen LogP contribution in [0.1, 0.15) is 22.8 Å². The first-order valence-corrected chi connectivity index (χ1v) is 7.33. The Balaban J connectivity index is 2.08. The van der Waals surface area contributed by atoms with Gasteiger partial charge in [-0.15, -0.1) is 11.3 Å². The summed E-state index contributed by atoms with van der Waals surface area (Å²) in [6.07, 6.45) is -0.630. The lowest BCUT2D eigenvalue weighted by Crippen LogP contribution is -1.98. The lowest BCUT2D eigenvalue weighted by atomic mass is 10.00. The number of rotatable bonds is 2. The summed E-state index contributed by atoms with van der Waals surface area (Å²) in [5, 5.41) is 14.4. The molecule has 1 unspecified atom stereocenters. The largest absolute Gasteiger partial charge is 0.384 e. The Bertz CT molecular complexity index is 732. The van der Waals surface area contributed by atoms with Crippen LogP contribution in [0.4, 0.5) is 0 Å². The Labute approximate surface area is 121 Å². The lowest BCUT2D eigenvalue weighted by molar-refractivity contribution is 0.222. The van der Waals surface area contributed by atoms with Crippen LogP contribution in [0.25, 0.3) is 10.1 Å². The van der Waals surface area contributed by atoms with E-state index in [1.165, 1.54) is 4.70 Å². The second-order valence-electron chi connectivity index (χ2n) is 4.60. The number of aliphatic hydroxyl groups is 1. The predicted molar refractivity (Wildman–Crippen MR) is 82.1 cm³/mol. The molecule has 0 bridgehead atoms. The Morgan fingerprint density at radius 3 is 2.74 bits per heavy atom. The number of benzene rings is 2. The third-order valence-electron chi connectivity index (χ3n) is 3.32. The number of aryl methyl sites for hydroxylation is 1. The number of fused-ring (bicyclic) bond motifs is 1. The van der Waals surface area contributed by atoms with E-state index in [0.717, 1.165) is 22.1 Å². The molecular formula is C16H13ClOS. The van der Waals surface area contributed by atoms with Crippen molar-refractivity contribution in [2.24, 2.45) is 0 Å². The molecule has 1 N–H and O–H groups in total. The molecule has 0 aliphatic carbocycles. The zero-order chi connectivity index (χ0) is 13.4.